The minimum atomic E-state index is -4.72. The lowest BCUT2D eigenvalue weighted by Gasteiger charge is -2.13. The van der Waals surface area contributed by atoms with Crippen molar-refractivity contribution in [3.05, 3.63) is 58.7 Å². The normalized spacial score (nSPS) is 11.4. The van der Waals surface area contributed by atoms with Crippen LogP contribution in [-0.4, -0.2) is 14.3 Å². The molecule has 0 aromatic heterocycles. The van der Waals surface area contributed by atoms with Crippen molar-refractivity contribution in [2.75, 3.05) is 4.72 Å². The molecule has 0 bridgehead atoms. The number of amides is 1. The Kier molecular flexibility index (Phi) is 4.52. The Bertz CT molecular complexity index is 946. The van der Waals surface area contributed by atoms with E-state index in [0.29, 0.717) is 12.1 Å². The van der Waals surface area contributed by atoms with Gasteiger partial charge in [-0.1, -0.05) is 0 Å². The molecule has 0 aliphatic carbocycles. The topological polar surface area (TPSA) is 89.3 Å². The van der Waals surface area contributed by atoms with Gasteiger partial charge in [-0.25, -0.2) is 26.0 Å². The molecule has 0 aliphatic heterocycles. The summed E-state index contributed by atoms with van der Waals surface area (Å²) in [5, 5.41) is 0. The van der Waals surface area contributed by atoms with Gasteiger partial charge in [0, 0.05) is 11.1 Å². The predicted octanol–water partition coefficient (Wildman–Crippen LogP) is 2.45. The van der Waals surface area contributed by atoms with Crippen LogP contribution < -0.4 is 10.5 Å². The maximum atomic E-state index is 13.7. The summed E-state index contributed by atoms with van der Waals surface area (Å²) in [6.07, 6.45) is 0. The molecule has 0 heterocycles. The van der Waals surface area contributed by atoms with E-state index in [-0.39, 0.29) is 11.1 Å². The van der Waals surface area contributed by atoms with Gasteiger partial charge < -0.3 is 5.73 Å². The number of hydrogen-bond acceptors (Lipinski definition) is 3. The van der Waals surface area contributed by atoms with Crippen LogP contribution in [0.15, 0.2) is 29.2 Å². The summed E-state index contributed by atoms with van der Waals surface area (Å²) in [7, 11) is -4.72. The highest BCUT2D eigenvalue weighted by molar-refractivity contribution is 7.92. The van der Waals surface area contributed by atoms with E-state index in [2.05, 4.69) is 0 Å². The zero-order valence-electron chi connectivity index (χ0n) is 12.0. The average molecular weight is 362 g/mol. The number of carbonyl (C=O) groups is 1. The lowest BCUT2D eigenvalue weighted by atomic mass is 10.1. The maximum absolute atomic E-state index is 13.7. The molecule has 2 aromatic rings. The van der Waals surface area contributed by atoms with E-state index >= 15 is 0 Å². The fourth-order valence-corrected chi connectivity index (χ4v) is 3.03. The van der Waals surface area contributed by atoms with Crippen LogP contribution in [0, 0.1) is 30.2 Å². The van der Waals surface area contributed by atoms with Gasteiger partial charge in [0.2, 0.25) is 5.91 Å². The molecule has 0 radical (unpaired) electrons. The Morgan fingerprint density at radius 1 is 1.04 bits per heavy atom. The molecule has 0 aliphatic rings. The fraction of sp³-hybridized carbons (Fsp3) is 0.0714. The lowest BCUT2D eigenvalue weighted by molar-refractivity contribution is 0.1000. The SMILES string of the molecule is Cc1c(F)cc(C(N)=O)cc1NS(=O)(=O)c1ccc(F)c(F)c1F. The van der Waals surface area contributed by atoms with E-state index in [9.17, 15) is 30.8 Å². The minimum Gasteiger partial charge on any atom is -0.366 e. The molecule has 1 amide bonds. The monoisotopic (exact) mass is 362 g/mol. The molecule has 0 saturated carbocycles. The number of sulfonamides is 1. The van der Waals surface area contributed by atoms with Gasteiger partial charge in [-0.05, 0) is 31.2 Å². The maximum Gasteiger partial charge on any atom is 0.264 e. The van der Waals surface area contributed by atoms with Crippen LogP contribution in [0.3, 0.4) is 0 Å². The van der Waals surface area contributed by atoms with Crippen molar-refractivity contribution in [2.24, 2.45) is 5.73 Å². The lowest BCUT2D eigenvalue weighted by Crippen LogP contribution is -2.18. The zero-order valence-corrected chi connectivity index (χ0v) is 12.8. The highest BCUT2D eigenvalue weighted by Gasteiger charge is 2.25. The second kappa shape index (κ2) is 6.11. The summed E-state index contributed by atoms with van der Waals surface area (Å²) in [6, 6.07) is 2.68. The van der Waals surface area contributed by atoms with Crippen LogP contribution in [0.5, 0.6) is 0 Å². The molecule has 0 atom stereocenters. The average Bonchev–Trinajstić information content (AvgIpc) is 2.48. The Balaban J connectivity index is 2.55. The van der Waals surface area contributed by atoms with Crippen LogP contribution in [0.25, 0.3) is 0 Å². The first kappa shape index (κ1) is 17.7. The summed E-state index contributed by atoms with van der Waals surface area (Å²) in [5.41, 5.74) is 4.07. The van der Waals surface area contributed by atoms with E-state index in [1.807, 2.05) is 4.72 Å². The molecular formula is C14H10F4N2O3S. The quantitative estimate of drug-likeness (QED) is 0.647. The number of halogens is 4. The van der Waals surface area contributed by atoms with Crippen LogP contribution >= 0.6 is 0 Å². The first-order valence-electron chi connectivity index (χ1n) is 6.31. The molecule has 0 unspecified atom stereocenters. The summed E-state index contributed by atoms with van der Waals surface area (Å²) in [5.74, 6) is -7.41. The van der Waals surface area contributed by atoms with Crippen molar-refractivity contribution in [3.8, 4) is 0 Å². The molecule has 10 heteroatoms. The van der Waals surface area contributed by atoms with Gasteiger partial charge in [-0.3, -0.25) is 9.52 Å². The number of rotatable bonds is 4. The number of primary amides is 1. The molecule has 0 saturated heterocycles. The van der Waals surface area contributed by atoms with Gasteiger partial charge in [0.05, 0.1) is 5.69 Å². The Hall–Kier alpha value is -2.62. The van der Waals surface area contributed by atoms with Crippen LogP contribution in [0.1, 0.15) is 15.9 Å². The number of anilines is 1. The van der Waals surface area contributed by atoms with Crippen LogP contribution in [-0.2, 0) is 10.0 Å². The third-order valence-electron chi connectivity index (χ3n) is 3.16. The van der Waals surface area contributed by atoms with E-state index in [1.165, 1.54) is 6.92 Å². The summed E-state index contributed by atoms with van der Waals surface area (Å²) < 4.78 is 79.7. The summed E-state index contributed by atoms with van der Waals surface area (Å²) in [4.78, 5) is 9.94. The van der Waals surface area contributed by atoms with E-state index < -0.39 is 49.8 Å². The van der Waals surface area contributed by atoms with Crippen molar-refractivity contribution < 1.29 is 30.8 Å². The number of carbonyl (C=O) groups excluding carboxylic acids is 1. The third-order valence-corrected chi connectivity index (χ3v) is 4.55. The number of hydrogen-bond donors (Lipinski definition) is 2. The highest BCUT2D eigenvalue weighted by atomic mass is 32.2. The van der Waals surface area contributed by atoms with Crippen LogP contribution in [0.4, 0.5) is 23.2 Å². The van der Waals surface area contributed by atoms with Crippen LogP contribution in [0.2, 0.25) is 0 Å². The summed E-state index contributed by atoms with van der Waals surface area (Å²) in [6.45, 7) is 1.19. The van der Waals surface area contributed by atoms with Crippen molar-refractivity contribution in [1.82, 2.24) is 0 Å². The molecule has 0 fully saturated rings. The first-order valence-corrected chi connectivity index (χ1v) is 7.79. The summed E-state index contributed by atoms with van der Waals surface area (Å²) >= 11 is 0. The molecule has 2 rings (SSSR count). The minimum absolute atomic E-state index is 0.202. The largest absolute Gasteiger partial charge is 0.366 e. The highest BCUT2D eigenvalue weighted by Crippen LogP contribution is 2.26. The first-order chi connectivity index (χ1) is 11.0. The molecule has 24 heavy (non-hydrogen) atoms. The second-order valence-corrected chi connectivity index (χ2v) is 6.42. The van der Waals surface area contributed by atoms with Gasteiger partial charge in [0.1, 0.15) is 10.7 Å². The molecule has 5 nitrogen and oxygen atoms in total. The van der Waals surface area contributed by atoms with Gasteiger partial charge in [0.15, 0.2) is 17.5 Å². The number of nitrogens with two attached hydrogens (primary N) is 1. The second-order valence-electron chi connectivity index (χ2n) is 4.77. The third kappa shape index (κ3) is 3.18. The van der Waals surface area contributed by atoms with Crippen molar-refractivity contribution in [2.45, 2.75) is 11.8 Å². The Morgan fingerprint density at radius 3 is 2.25 bits per heavy atom. The van der Waals surface area contributed by atoms with Crippen molar-refractivity contribution in [1.29, 1.82) is 0 Å². The Labute approximate surface area is 134 Å². The zero-order chi connectivity index (χ0) is 18.2. The predicted molar refractivity (Wildman–Crippen MR) is 76.8 cm³/mol. The Morgan fingerprint density at radius 2 is 1.67 bits per heavy atom. The van der Waals surface area contributed by atoms with E-state index in [4.69, 9.17) is 5.73 Å². The standard InChI is InChI=1S/C14H10F4N2O3S/c1-6-9(16)4-7(14(19)21)5-10(6)20-24(22,23)11-3-2-8(15)12(17)13(11)18/h2-5,20H,1H3,(H2,19,21). The molecule has 3 N–H and O–H groups in total. The molecule has 2 aromatic carbocycles. The smallest absolute Gasteiger partial charge is 0.264 e. The molecule has 128 valence electrons. The molecular weight excluding hydrogens is 352 g/mol. The van der Waals surface area contributed by atoms with Gasteiger partial charge in [0.25, 0.3) is 10.0 Å². The number of benzene rings is 2. The van der Waals surface area contributed by atoms with Crippen molar-refractivity contribution >= 4 is 21.6 Å². The van der Waals surface area contributed by atoms with E-state index in [1.54, 1.807) is 0 Å². The van der Waals surface area contributed by atoms with Crippen molar-refractivity contribution in [3.63, 3.8) is 0 Å². The van der Waals surface area contributed by atoms with Gasteiger partial charge in [-0.15, -0.1) is 0 Å². The van der Waals surface area contributed by atoms with Gasteiger partial charge >= 0.3 is 0 Å². The number of nitrogens with one attached hydrogen (secondary N) is 1. The molecule has 0 spiro atoms. The van der Waals surface area contributed by atoms with Gasteiger partial charge in [-0.2, -0.15) is 0 Å². The fourth-order valence-electron chi connectivity index (χ4n) is 1.84. The van der Waals surface area contributed by atoms with E-state index in [0.717, 1.165) is 12.1 Å².